The molecule has 1 aromatic rings. The van der Waals surface area contributed by atoms with Crippen LogP contribution in [0.2, 0.25) is 0 Å². The lowest BCUT2D eigenvalue weighted by Gasteiger charge is -2.11. The molecule has 0 saturated carbocycles. The van der Waals surface area contributed by atoms with Crippen LogP contribution in [0.4, 0.5) is 0 Å². The van der Waals surface area contributed by atoms with Crippen molar-refractivity contribution in [2.24, 2.45) is 5.92 Å². The minimum atomic E-state index is 0.536. The average molecular weight is 263 g/mol. The first-order chi connectivity index (χ1) is 9.24. The van der Waals surface area contributed by atoms with Gasteiger partial charge in [0, 0.05) is 25.3 Å². The van der Waals surface area contributed by atoms with Gasteiger partial charge >= 0.3 is 0 Å². The molecule has 1 N–H and O–H groups in total. The van der Waals surface area contributed by atoms with Crippen LogP contribution < -0.4 is 10.1 Å². The van der Waals surface area contributed by atoms with Crippen LogP contribution in [0.5, 0.6) is 5.75 Å². The van der Waals surface area contributed by atoms with Crippen LogP contribution in [-0.2, 0) is 11.3 Å². The first-order valence-electron chi connectivity index (χ1n) is 6.84. The molecule has 3 heteroatoms. The molecule has 0 aliphatic heterocycles. The zero-order valence-corrected chi connectivity index (χ0v) is 12.0. The fraction of sp³-hybridized carbons (Fsp3) is 0.500. The molecule has 0 aliphatic carbocycles. The van der Waals surface area contributed by atoms with Gasteiger partial charge in [-0.25, -0.2) is 0 Å². The Hall–Kier alpha value is -1.32. The normalized spacial score (nSPS) is 10.7. The molecule has 0 spiro atoms. The molecule has 3 nitrogen and oxygen atoms in total. The van der Waals surface area contributed by atoms with E-state index in [2.05, 4.69) is 31.8 Å². The topological polar surface area (TPSA) is 30.5 Å². The fourth-order valence-corrected chi connectivity index (χ4v) is 1.63. The fourth-order valence-electron chi connectivity index (χ4n) is 1.63. The zero-order chi connectivity index (χ0) is 13.9. The second kappa shape index (κ2) is 9.59. The van der Waals surface area contributed by atoms with Gasteiger partial charge in [0.25, 0.3) is 0 Å². The molecule has 0 radical (unpaired) electrons. The molecule has 0 atom stereocenters. The van der Waals surface area contributed by atoms with E-state index in [4.69, 9.17) is 9.47 Å². The quantitative estimate of drug-likeness (QED) is 0.520. The maximum absolute atomic E-state index is 5.61. The Kier molecular flexibility index (Phi) is 7.94. The number of hydrogen-bond acceptors (Lipinski definition) is 3. The Bertz CT molecular complexity index is 364. The van der Waals surface area contributed by atoms with Crippen molar-refractivity contribution in [3.8, 4) is 5.75 Å². The molecule has 1 aromatic carbocycles. The monoisotopic (exact) mass is 263 g/mol. The summed E-state index contributed by atoms with van der Waals surface area (Å²) in [6, 6.07) is 8.05. The highest BCUT2D eigenvalue weighted by atomic mass is 16.5. The highest BCUT2D eigenvalue weighted by Crippen LogP contribution is 2.17. The molecule has 0 fully saturated rings. The minimum Gasteiger partial charge on any atom is -0.489 e. The molecule has 0 saturated heterocycles. The van der Waals surface area contributed by atoms with E-state index in [1.807, 2.05) is 18.2 Å². The van der Waals surface area contributed by atoms with Crippen LogP contribution in [-0.4, -0.2) is 26.4 Å². The minimum absolute atomic E-state index is 0.536. The number of ether oxygens (including phenoxy) is 2. The summed E-state index contributed by atoms with van der Waals surface area (Å²) in [4.78, 5) is 0. The van der Waals surface area contributed by atoms with Crippen molar-refractivity contribution >= 4 is 0 Å². The van der Waals surface area contributed by atoms with Crippen LogP contribution in [0.15, 0.2) is 36.9 Å². The van der Waals surface area contributed by atoms with Gasteiger partial charge < -0.3 is 14.8 Å². The van der Waals surface area contributed by atoms with Crippen molar-refractivity contribution in [1.82, 2.24) is 5.32 Å². The van der Waals surface area contributed by atoms with Gasteiger partial charge in [-0.1, -0.05) is 44.7 Å². The van der Waals surface area contributed by atoms with E-state index >= 15 is 0 Å². The largest absolute Gasteiger partial charge is 0.489 e. The highest BCUT2D eigenvalue weighted by Gasteiger charge is 2.01. The molecule has 0 bridgehead atoms. The Balaban J connectivity index is 2.26. The summed E-state index contributed by atoms with van der Waals surface area (Å²) >= 11 is 0. The van der Waals surface area contributed by atoms with Crippen LogP contribution in [0.25, 0.3) is 0 Å². The summed E-state index contributed by atoms with van der Waals surface area (Å²) in [5.41, 5.74) is 1.16. The van der Waals surface area contributed by atoms with Crippen molar-refractivity contribution in [2.75, 3.05) is 26.4 Å². The predicted molar refractivity (Wildman–Crippen MR) is 79.5 cm³/mol. The maximum atomic E-state index is 5.61. The SMILES string of the molecule is C=CCOc1ccccc1CNCCOCC(C)C. The second-order valence-electron chi connectivity index (χ2n) is 4.85. The van der Waals surface area contributed by atoms with E-state index in [9.17, 15) is 0 Å². The van der Waals surface area contributed by atoms with Gasteiger partial charge in [0.15, 0.2) is 0 Å². The predicted octanol–water partition coefficient (Wildman–Crippen LogP) is 3.01. The van der Waals surface area contributed by atoms with Crippen molar-refractivity contribution in [3.05, 3.63) is 42.5 Å². The second-order valence-corrected chi connectivity index (χ2v) is 4.85. The molecule has 0 aliphatic rings. The number of benzene rings is 1. The van der Waals surface area contributed by atoms with E-state index in [1.165, 1.54) is 0 Å². The Labute approximate surface area is 116 Å². The average Bonchev–Trinajstić information content (AvgIpc) is 2.41. The van der Waals surface area contributed by atoms with E-state index in [-0.39, 0.29) is 0 Å². The molecule has 0 heterocycles. The van der Waals surface area contributed by atoms with Crippen LogP contribution >= 0.6 is 0 Å². The summed E-state index contributed by atoms with van der Waals surface area (Å²) in [5.74, 6) is 1.51. The van der Waals surface area contributed by atoms with E-state index in [0.29, 0.717) is 12.5 Å². The third-order valence-electron chi connectivity index (χ3n) is 2.52. The van der Waals surface area contributed by atoms with Gasteiger partial charge in [-0.2, -0.15) is 0 Å². The number of nitrogens with one attached hydrogen (secondary N) is 1. The molecular weight excluding hydrogens is 238 g/mol. The third kappa shape index (κ3) is 6.99. The molecule has 0 amide bonds. The first-order valence-corrected chi connectivity index (χ1v) is 6.84. The van der Waals surface area contributed by atoms with Gasteiger partial charge in [-0.3, -0.25) is 0 Å². The molecule has 1 rings (SSSR count). The van der Waals surface area contributed by atoms with E-state index < -0.39 is 0 Å². The molecule has 19 heavy (non-hydrogen) atoms. The van der Waals surface area contributed by atoms with Crippen LogP contribution in [0, 0.1) is 5.92 Å². The van der Waals surface area contributed by atoms with Crippen molar-refractivity contribution in [3.63, 3.8) is 0 Å². The molecule has 0 aromatic heterocycles. The van der Waals surface area contributed by atoms with Gasteiger partial charge in [-0.05, 0) is 12.0 Å². The summed E-state index contributed by atoms with van der Waals surface area (Å²) in [6.45, 7) is 11.7. The number of rotatable bonds is 10. The maximum Gasteiger partial charge on any atom is 0.124 e. The third-order valence-corrected chi connectivity index (χ3v) is 2.52. The first kappa shape index (κ1) is 15.7. The Morgan fingerprint density at radius 3 is 2.84 bits per heavy atom. The Morgan fingerprint density at radius 1 is 1.32 bits per heavy atom. The zero-order valence-electron chi connectivity index (χ0n) is 12.0. The van der Waals surface area contributed by atoms with Gasteiger partial charge in [0.1, 0.15) is 12.4 Å². The number of hydrogen-bond donors (Lipinski definition) is 1. The highest BCUT2D eigenvalue weighted by molar-refractivity contribution is 5.33. The van der Waals surface area contributed by atoms with Crippen LogP contribution in [0.3, 0.4) is 0 Å². The van der Waals surface area contributed by atoms with E-state index in [0.717, 1.165) is 37.6 Å². The summed E-state index contributed by atoms with van der Waals surface area (Å²) < 4.78 is 11.1. The van der Waals surface area contributed by atoms with E-state index in [1.54, 1.807) is 6.08 Å². The van der Waals surface area contributed by atoms with Crippen LogP contribution in [0.1, 0.15) is 19.4 Å². The molecule has 0 unspecified atom stereocenters. The van der Waals surface area contributed by atoms with Gasteiger partial charge in [0.2, 0.25) is 0 Å². The van der Waals surface area contributed by atoms with Crippen molar-refractivity contribution in [2.45, 2.75) is 20.4 Å². The lowest BCUT2D eigenvalue weighted by atomic mass is 10.2. The van der Waals surface area contributed by atoms with Gasteiger partial charge in [0.05, 0.1) is 6.61 Å². The van der Waals surface area contributed by atoms with Crippen molar-refractivity contribution < 1.29 is 9.47 Å². The molecular formula is C16H25NO2. The smallest absolute Gasteiger partial charge is 0.124 e. The lowest BCUT2D eigenvalue weighted by molar-refractivity contribution is 0.111. The van der Waals surface area contributed by atoms with Crippen molar-refractivity contribution in [1.29, 1.82) is 0 Å². The summed E-state index contributed by atoms with van der Waals surface area (Å²) in [6.07, 6.45) is 1.75. The summed E-state index contributed by atoms with van der Waals surface area (Å²) in [5, 5.41) is 3.36. The Morgan fingerprint density at radius 2 is 2.11 bits per heavy atom. The lowest BCUT2D eigenvalue weighted by Crippen LogP contribution is -2.20. The number of para-hydroxylation sites is 1. The van der Waals surface area contributed by atoms with Gasteiger partial charge in [-0.15, -0.1) is 0 Å². The summed E-state index contributed by atoms with van der Waals surface area (Å²) in [7, 11) is 0. The molecule has 106 valence electrons. The standard InChI is InChI=1S/C16H25NO2/c1-4-10-19-16-8-6-5-7-15(16)12-17-9-11-18-13-14(2)3/h4-8,14,17H,1,9-13H2,2-3H3.